The van der Waals surface area contributed by atoms with Gasteiger partial charge >= 0.3 is 5.97 Å². The second-order valence-electron chi connectivity index (χ2n) is 7.40. The van der Waals surface area contributed by atoms with E-state index < -0.39 is 34.4 Å². The highest BCUT2D eigenvalue weighted by molar-refractivity contribution is 7.91. The molecule has 0 aromatic carbocycles. The van der Waals surface area contributed by atoms with E-state index in [1.54, 1.807) is 0 Å². The first-order chi connectivity index (χ1) is 12.8. The molecule has 2 heterocycles. The Balaban J connectivity index is 1.39. The Morgan fingerprint density at radius 2 is 1.70 bits per heavy atom. The predicted molar refractivity (Wildman–Crippen MR) is 92.9 cm³/mol. The van der Waals surface area contributed by atoms with Gasteiger partial charge in [0.2, 0.25) is 11.8 Å². The number of rotatable bonds is 6. The summed E-state index contributed by atoms with van der Waals surface area (Å²) < 4.78 is 27.6. The highest BCUT2D eigenvalue weighted by atomic mass is 32.2. The van der Waals surface area contributed by atoms with E-state index in [0.29, 0.717) is 19.3 Å². The van der Waals surface area contributed by atoms with Crippen LogP contribution in [0.2, 0.25) is 0 Å². The van der Waals surface area contributed by atoms with Crippen molar-refractivity contribution in [3.05, 3.63) is 0 Å². The number of carbonyl (C=O) groups is 4. The molecule has 1 aliphatic carbocycles. The molecule has 0 aromatic heterocycles. The van der Waals surface area contributed by atoms with E-state index >= 15 is 0 Å². The number of likely N-dealkylation sites (tertiary alicyclic amines) is 1. The van der Waals surface area contributed by atoms with Crippen molar-refractivity contribution in [3.8, 4) is 0 Å². The van der Waals surface area contributed by atoms with E-state index in [4.69, 9.17) is 4.74 Å². The van der Waals surface area contributed by atoms with Crippen LogP contribution in [0.3, 0.4) is 0 Å². The Hall–Kier alpha value is -1.97. The molecule has 3 aliphatic rings. The highest BCUT2D eigenvalue weighted by Crippen LogP contribution is 2.37. The van der Waals surface area contributed by atoms with Crippen LogP contribution < -0.4 is 5.32 Å². The average molecular weight is 400 g/mol. The van der Waals surface area contributed by atoms with Crippen LogP contribution in [-0.4, -0.2) is 67.7 Å². The van der Waals surface area contributed by atoms with Gasteiger partial charge in [-0.3, -0.25) is 24.1 Å². The summed E-state index contributed by atoms with van der Waals surface area (Å²) in [5.41, 5.74) is 0. The van der Waals surface area contributed by atoms with Gasteiger partial charge in [0, 0.05) is 12.6 Å². The smallest absolute Gasteiger partial charge is 0.308 e. The van der Waals surface area contributed by atoms with Crippen LogP contribution in [0.4, 0.5) is 0 Å². The van der Waals surface area contributed by atoms with Crippen molar-refractivity contribution >= 4 is 33.5 Å². The molecule has 3 amide bonds. The third kappa shape index (κ3) is 4.66. The first-order valence-electron chi connectivity index (χ1n) is 9.27. The molecule has 9 nitrogen and oxygen atoms in total. The molecule has 0 unspecified atom stereocenters. The monoisotopic (exact) mass is 400 g/mol. The third-order valence-corrected chi connectivity index (χ3v) is 7.20. The summed E-state index contributed by atoms with van der Waals surface area (Å²) >= 11 is 0. The summed E-state index contributed by atoms with van der Waals surface area (Å²) in [5.74, 6) is -2.24. The summed E-state index contributed by atoms with van der Waals surface area (Å²) in [6.07, 6.45) is 3.49. The number of sulfone groups is 1. The molecule has 1 saturated carbocycles. The minimum atomic E-state index is -3.10. The van der Waals surface area contributed by atoms with Crippen LogP contribution >= 0.6 is 0 Å². The minimum Gasteiger partial charge on any atom is -0.456 e. The summed E-state index contributed by atoms with van der Waals surface area (Å²) in [5, 5.41) is 2.52. The molecule has 0 bridgehead atoms. The minimum absolute atomic E-state index is 0.0357. The zero-order valence-corrected chi connectivity index (χ0v) is 15.8. The molecule has 0 aromatic rings. The molecule has 3 fully saturated rings. The predicted octanol–water partition coefficient (Wildman–Crippen LogP) is -0.602. The number of hydrogen-bond acceptors (Lipinski definition) is 7. The standard InChI is InChI=1S/C17H24N2O7S/c20-14(18-11-6-8-27(24,25)10-11)9-26-15(21)5-7-19-16(22)12-3-1-2-4-13(12)17(19)23/h11-13H,1-10H2,(H,18,20)/t11-,12-,13+/m0/s1. The first-order valence-corrected chi connectivity index (χ1v) is 11.1. The van der Waals surface area contributed by atoms with Gasteiger partial charge in [-0.1, -0.05) is 12.8 Å². The Labute approximate surface area is 157 Å². The molecule has 0 spiro atoms. The van der Waals surface area contributed by atoms with E-state index in [-0.39, 0.29) is 48.1 Å². The van der Waals surface area contributed by atoms with Gasteiger partial charge in [0.1, 0.15) is 0 Å². The van der Waals surface area contributed by atoms with E-state index in [2.05, 4.69) is 5.32 Å². The summed E-state index contributed by atoms with van der Waals surface area (Å²) in [6, 6.07) is -0.454. The zero-order chi connectivity index (χ0) is 19.6. The van der Waals surface area contributed by atoms with E-state index in [0.717, 1.165) is 17.7 Å². The Bertz CT molecular complexity index is 724. The van der Waals surface area contributed by atoms with Crippen LogP contribution in [0.5, 0.6) is 0 Å². The normalized spacial score (nSPS) is 29.5. The van der Waals surface area contributed by atoms with Crippen LogP contribution in [0.1, 0.15) is 38.5 Å². The lowest BCUT2D eigenvalue weighted by molar-refractivity contribution is -0.150. The molecule has 3 rings (SSSR count). The lowest BCUT2D eigenvalue weighted by Crippen LogP contribution is -2.38. The molecule has 2 saturated heterocycles. The third-order valence-electron chi connectivity index (χ3n) is 5.43. The van der Waals surface area contributed by atoms with E-state index in [1.807, 2.05) is 0 Å². The quantitative estimate of drug-likeness (QED) is 0.466. The number of hydrogen-bond donors (Lipinski definition) is 1. The van der Waals surface area contributed by atoms with Crippen LogP contribution in [-0.2, 0) is 33.8 Å². The number of imide groups is 1. The zero-order valence-electron chi connectivity index (χ0n) is 15.0. The molecule has 150 valence electrons. The maximum atomic E-state index is 12.3. The van der Waals surface area contributed by atoms with Crippen LogP contribution in [0, 0.1) is 11.8 Å². The average Bonchev–Trinajstić information content (AvgIpc) is 3.09. The van der Waals surface area contributed by atoms with Gasteiger partial charge in [0.05, 0.1) is 29.8 Å². The largest absolute Gasteiger partial charge is 0.456 e. The van der Waals surface area contributed by atoms with Crippen molar-refractivity contribution in [1.82, 2.24) is 10.2 Å². The number of carbonyl (C=O) groups excluding carboxylic acids is 4. The maximum absolute atomic E-state index is 12.3. The first kappa shape index (κ1) is 19.8. The molecule has 27 heavy (non-hydrogen) atoms. The second kappa shape index (κ2) is 7.95. The van der Waals surface area contributed by atoms with E-state index in [1.165, 1.54) is 0 Å². The molecular weight excluding hydrogens is 376 g/mol. The van der Waals surface area contributed by atoms with Crippen molar-refractivity contribution < 1.29 is 32.3 Å². The summed E-state index contributed by atoms with van der Waals surface area (Å²) in [4.78, 5) is 49.3. The second-order valence-corrected chi connectivity index (χ2v) is 9.63. The van der Waals surface area contributed by atoms with Gasteiger partial charge in [-0.2, -0.15) is 0 Å². The maximum Gasteiger partial charge on any atom is 0.308 e. The molecule has 10 heteroatoms. The SMILES string of the molecule is O=C(COC(=O)CCN1C(=O)[C@H]2CCCC[C@H]2C1=O)N[C@H]1CCS(=O)(=O)C1. The molecule has 3 atom stereocenters. The van der Waals surface area contributed by atoms with Gasteiger partial charge in [0.15, 0.2) is 16.4 Å². The van der Waals surface area contributed by atoms with Gasteiger partial charge in [-0.25, -0.2) is 8.42 Å². The number of nitrogens with one attached hydrogen (secondary N) is 1. The fraction of sp³-hybridized carbons (Fsp3) is 0.765. The van der Waals surface area contributed by atoms with Crippen molar-refractivity contribution in [2.75, 3.05) is 24.7 Å². The summed E-state index contributed by atoms with van der Waals surface area (Å²) in [7, 11) is -3.10. The molecule has 1 N–H and O–H groups in total. The number of amides is 3. The number of nitrogens with zero attached hydrogens (tertiary/aromatic N) is 1. The van der Waals surface area contributed by atoms with Gasteiger partial charge < -0.3 is 10.1 Å². The molecule has 2 aliphatic heterocycles. The number of esters is 1. The lowest BCUT2D eigenvalue weighted by Gasteiger charge is -2.19. The van der Waals surface area contributed by atoms with E-state index in [9.17, 15) is 27.6 Å². The van der Waals surface area contributed by atoms with Crippen molar-refractivity contribution in [1.29, 1.82) is 0 Å². The Kier molecular flexibility index (Phi) is 5.83. The van der Waals surface area contributed by atoms with Crippen molar-refractivity contribution in [2.45, 2.75) is 44.6 Å². The lowest BCUT2D eigenvalue weighted by atomic mass is 9.81. The Morgan fingerprint density at radius 1 is 1.07 bits per heavy atom. The summed E-state index contributed by atoms with van der Waals surface area (Å²) in [6.45, 7) is -0.547. The highest BCUT2D eigenvalue weighted by Gasteiger charge is 2.47. The van der Waals surface area contributed by atoms with Gasteiger partial charge in [-0.05, 0) is 19.3 Å². The Morgan fingerprint density at radius 3 is 2.26 bits per heavy atom. The molecule has 0 radical (unpaired) electrons. The topological polar surface area (TPSA) is 127 Å². The molecular formula is C17H24N2O7S. The van der Waals surface area contributed by atoms with Crippen LogP contribution in [0.15, 0.2) is 0 Å². The number of ether oxygens (including phenoxy) is 1. The fourth-order valence-electron chi connectivity index (χ4n) is 4.05. The van der Waals surface area contributed by atoms with Crippen LogP contribution in [0.25, 0.3) is 0 Å². The van der Waals surface area contributed by atoms with Crippen molar-refractivity contribution in [3.63, 3.8) is 0 Å². The van der Waals surface area contributed by atoms with Crippen molar-refractivity contribution in [2.24, 2.45) is 11.8 Å². The van der Waals surface area contributed by atoms with Gasteiger partial charge in [0.25, 0.3) is 5.91 Å². The number of fused-ring (bicyclic) bond motifs is 1. The van der Waals surface area contributed by atoms with Gasteiger partial charge in [-0.15, -0.1) is 0 Å². The fourth-order valence-corrected chi connectivity index (χ4v) is 5.72.